The first-order valence-electron chi connectivity index (χ1n) is 9.64. The lowest BCUT2D eigenvalue weighted by Gasteiger charge is -2.52. The van der Waals surface area contributed by atoms with Crippen LogP contribution in [0.15, 0.2) is 24.3 Å². The number of carbonyl (C=O) groups is 1. The molecule has 2 saturated carbocycles. The maximum atomic E-state index is 12.6. The van der Waals surface area contributed by atoms with Gasteiger partial charge in [0.2, 0.25) is 5.91 Å². The van der Waals surface area contributed by atoms with E-state index in [4.69, 9.17) is 0 Å². The molecule has 5 heteroatoms. The second-order valence-corrected chi connectivity index (χ2v) is 9.15. The van der Waals surface area contributed by atoms with Crippen molar-refractivity contribution >= 4 is 5.91 Å². The van der Waals surface area contributed by atoms with Gasteiger partial charge in [-0.25, -0.2) is 8.78 Å². The maximum Gasteiger partial charge on any atom is 0.263 e. The van der Waals surface area contributed by atoms with Crippen LogP contribution < -0.4 is 0 Å². The molecule has 1 aliphatic heterocycles. The molecule has 3 fully saturated rings. The van der Waals surface area contributed by atoms with Crippen molar-refractivity contribution in [2.75, 3.05) is 13.1 Å². The standard InChI is InChI=1S/C21H27F2NO2/c1-20(26)10-17(11-20)19(25)24-12-21(13-24)7-6-15(9-21)8-14-2-4-16(5-3-14)18(22)23/h2-5,15,17-18,26H,6-13H2,1H3/t15?,17-,20+. The van der Waals surface area contributed by atoms with Crippen molar-refractivity contribution in [1.29, 1.82) is 0 Å². The minimum absolute atomic E-state index is 0.00731. The van der Waals surface area contributed by atoms with Crippen LogP contribution in [0.5, 0.6) is 0 Å². The van der Waals surface area contributed by atoms with Crippen molar-refractivity contribution in [3.8, 4) is 0 Å². The van der Waals surface area contributed by atoms with E-state index >= 15 is 0 Å². The zero-order valence-corrected chi connectivity index (χ0v) is 15.3. The number of aliphatic hydroxyl groups is 1. The average Bonchev–Trinajstić information content (AvgIpc) is 2.95. The van der Waals surface area contributed by atoms with Gasteiger partial charge >= 0.3 is 0 Å². The Balaban J connectivity index is 1.26. The number of amides is 1. The topological polar surface area (TPSA) is 40.5 Å². The second kappa shape index (κ2) is 6.29. The molecular formula is C21H27F2NO2. The number of halogens is 2. The molecule has 142 valence electrons. The van der Waals surface area contributed by atoms with E-state index in [1.54, 1.807) is 6.92 Å². The summed E-state index contributed by atoms with van der Waals surface area (Å²) in [7, 11) is 0. The van der Waals surface area contributed by atoms with Gasteiger partial charge in [-0.3, -0.25) is 4.79 Å². The van der Waals surface area contributed by atoms with E-state index in [1.165, 1.54) is 12.1 Å². The Morgan fingerprint density at radius 3 is 2.46 bits per heavy atom. The first kappa shape index (κ1) is 17.9. The molecule has 2 aliphatic carbocycles. The van der Waals surface area contributed by atoms with E-state index in [0.29, 0.717) is 18.8 Å². The highest BCUT2D eigenvalue weighted by Gasteiger charge is 2.52. The molecule has 1 aromatic carbocycles. The van der Waals surface area contributed by atoms with Gasteiger partial charge in [0, 0.05) is 30.0 Å². The Hall–Kier alpha value is -1.49. The smallest absolute Gasteiger partial charge is 0.263 e. The van der Waals surface area contributed by atoms with Gasteiger partial charge in [0.15, 0.2) is 0 Å². The number of hydrogen-bond acceptors (Lipinski definition) is 2. The van der Waals surface area contributed by atoms with Crippen LogP contribution in [-0.2, 0) is 11.2 Å². The van der Waals surface area contributed by atoms with Gasteiger partial charge in [0.05, 0.1) is 5.60 Å². The lowest BCUT2D eigenvalue weighted by atomic mass is 9.69. The minimum atomic E-state index is -2.41. The Labute approximate surface area is 153 Å². The largest absolute Gasteiger partial charge is 0.390 e. The summed E-state index contributed by atoms with van der Waals surface area (Å²) in [6, 6.07) is 6.71. The van der Waals surface area contributed by atoms with Crippen molar-refractivity contribution in [1.82, 2.24) is 4.90 Å². The number of rotatable bonds is 4. The highest BCUT2D eigenvalue weighted by molar-refractivity contribution is 5.81. The van der Waals surface area contributed by atoms with Crippen LogP contribution in [0.2, 0.25) is 0 Å². The molecule has 4 rings (SSSR count). The van der Waals surface area contributed by atoms with E-state index < -0.39 is 12.0 Å². The van der Waals surface area contributed by atoms with Gasteiger partial charge in [-0.05, 0) is 56.9 Å². The number of nitrogens with zero attached hydrogens (tertiary/aromatic N) is 1. The fourth-order valence-corrected chi connectivity index (χ4v) is 5.27. The molecule has 1 N–H and O–H groups in total. The molecule has 1 amide bonds. The summed E-state index contributed by atoms with van der Waals surface area (Å²) in [5, 5.41) is 9.82. The number of alkyl halides is 2. The number of likely N-dealkylation sites (tertiary alicyclic amines) is 1. The fourth-order valence-electron chi connectivity index (χ4n) is 5.27. The Kier molecular flexibility index (Phi) is 4.33. The molecule has 0 aromatic heterocycles. The molecule has 3 aliphatic rings. The second-order valence-electron chi connectivity index (χ2n) is 9.15. The van der Waals surface area contributed by atoms with Gasteiger partial charge in [-0.1, -0.05) is 24.3 Å². The van der Waals surface area contributed by atoms with Crippen LogP contribution >= 0.6 is 0 Å². The molecule has 0 bridgehead atoms. The van der Waals surface area contributed by atoms with Gasteiger partial charge in [0.25, 0.3) is 6.43 Å². The fraction of sp³-hybridized carbons (Fsp3) is 0.667. The molecule has 0 radical (unpaired) electrons. The van der Waals surface area contributed by atoms with Crippen LogP contribution in [0.25, 0.3) is 0 Å². The van der Waals surface area contributed by atoms with E-state index in [9.17, 15) is 18.7 Å². The van der Waals surface area contributed by atoms with Crippen LogP contribution in [0.4, 0.5) is 8.78 Å². The Morgan fingerprint density at radius 2 is 1.88 bits per heavy atom. The van der Waals surface area contributed by atoms with E-state index in [1.807, 2.05) is 17.0 Å². The van der Waals surface area contributed by atoms with Crippen LogP contribution in [0.1, 0.15) is 56.6 Å². The number of benzene rings is 1. The summed E-state index contributed by atoms with van der Waals surface area (Å²) in [5.41, 5.74) is 0.830. The van der Waals surface area contributed by atoms with Crippen molar-refractivity contribution in [3.63, 3.8) is 0 Å². The van der Waals surface area contributed by atoms with Gasteiger partial charge < -0.3 is 10.0 Å². The Morgan fingerprint density at radius 1 is 1.23 bits per heavy atom. The van der Waals surface area contributed by atoms with E-state index in [2.05, 4.69) is 0 Å². The molecule has 1 saturated heterocycles. The molecule has 1 atom stereocenters. The molecule has 1 aromatic rings. The quantitative estimate of drug-likeness (QED) is 0.880. The molecular weight excluding hydrogens is 336 g/mol. The lowest BCUT2D eigenvalue weighted by Crippen LogP contribution is -2.61. The van der Waals surface area contributed by atoms with Crippen molar-refractivity contribution in [2.45, 2.75) is 57.5 Å². The predicted molar refractivity (Wildman–Crippen MR) is 94.8 cm³/mol. The van der Waals surface area contributed by atoms with E-state index in [-0.39, 0.29) is 22.8 Å². The highest BCUT2D eigenvalue weighted by atomic mass is 19.3. The molecule has 1 heterocycles. The molecule has 3 nitrogen and oxygen atoms in total. The normalized spacial score (nSPS) is 32.6. The summed E-state index contributed by atoms with van der Waals surface area (Å²) < 4.78 is 25.3. The van der Waals surface area contributed by atoms with Crippen LogP contribution in [0, 0.1) is 17.3 Å². The predicted octanol–water partition coefficient (Wildman–Crippen LogP) is 3.96. The zero-order chi connectivity index (χ0) is 18.5. The molecule has 26 heavy (non-hydrogen) atoms. The third-order valence-corrected chi connectivity index (χ3v) is 6.65. The summed E-state index contributed by atoms with van der Waals surface area (Å²) in [5.74, 6) is 0.801. The van der Waals surface area contributed by atoms with Crippen molar-refractivity contribution in [3.05, 3.63) is 35.4 Å². The van der Waals surface area contributed by atoms with Gasteiger partial charge in [0.1, 0.15) is 0 Å². The number of carbonyl (C=O) groups excluding carboxylic acids is 1. The highest BCUT2D eigenvalue weighted by Crippen LogP contribution is 2.50. The molecule has 1 unspecified atom stereocenters. The summed E-state index contributed by atoms with van der Waals surface area (Å²) >= 11 is 0. The van der Waals surface area contributed by atoms with Gasteiger partial charge in [-0.15, -0.1) is 0 Å². The Bertz CT molecular complexity index is 672. The van der Waals surface area contributed by atoms with Gasteiger partial charge in [-0.2, -0.15) is 0 Å². The SMILES string of the molecule is C[C@]1(O)C[C@@H](C(=O)N2CC3(CCC(Cc4ccc(C(F)F)cc4)C3)C2)C1. The average molecular weight is 363 g/mol. The summed E-state index contributed by atoms with van der Waals surface area (Å²) in [6.07, 6.45) is 3.13. The first-order chi connectivity index (χ1) is 12.3. The van der Waals surface area contributed by atoms with Crippen LogP contribution in [-0.4, -0.2) is 34.6 Å². The van der Waals surface area contributed by atoms with Crippen molar-refractivity contribution < 1.29 is 18.7 Å². The minimum Gasteiger partial charge on any atom is -0.390 e. The van der Waals surface area contributed by atoms with E-state index in [0.717, 1.165) is 44.3 Å². The van der Waals surface area contributed by atoms with Crippen LogP contribution in [0.3, 0.4) is 0 Å². The zero-order valence-electron chi connectivity index (χ0n) is 15.3. The maximum absolute atomic E-state index is 12.6. The third-order valence-electron chi connectivity index (χ3n) is 6.65. The lowest BCUT2D eigenvalue weighted by molar-refractivity contribution is -0.161. The molecule has 1 spiro atoms. The first-order valence-corrected chi connectivity index (χ1v) is 9.64. The number of hydrogen-bond donors (Lipinski definition) is 1. The summed E-state index contributed by atoms with van der Waals surface area (Å²) in [6.45, 7) is 3.50. The van der Waals surface area contributed by atoms with Crippen molar-refractivity contribution in [2.24, 2.45) is 17.3 Å². The third kappa shape index (κ3) is 3.38. The summed E-state index contributed by atoms with van der Waals surface area (Å²) in [4.78, 5) is 14.4. The monoisotopic (exact) mass is 363 g/mol.